The molecule has 18 heavy (non-hydrogen) atoms. The van der Waals surface area contributed by atoms with E-state index in [1.165, 1.54) is 7.11 Å². The maximum atomic E-state index is 12.2. The Morgan fingerprint density at radius 2 is 2.17 bits per heavy atom. The molecule has 0 saturated heterocycles. The van der Waals surface area contributed by atoms with E-state index >= 15 is 0 Å². The Labute approximate surface area is 105 Å². The van der Waals surface area contributed by atoms with Crippen molar-refractivity contribution < 1.29 is 14.3 Å². The van der Waals surface area contributed by atoms with Gasteiger partial charge in [0.25, 0.3) is 0 Å². The third-order valence-electron chi connectivity index (χ3n) is 2.59. The summed E-state index contributed by atoms with van der Waals surface area (Å²) in [5.74, 6) is 1.12. The fourth-order valence-corrected chi connectivity index (χ4v) is 1.66. The molecule has 1 aromatic heterocycles. The molecule has 1 heterocycles. The minimum Gasteiger partial charge on any atom is -0.497 e. The Morgan fingerprint density at radius 3 is 2.78 bits per heavy atom. The molecule has 5 heteroatoms. The molecule has 0 radical (unpaired) electrons. The van der Waals surface area contributed by atoms with Crippen LogP contribution in [0, 0.1) is 0 Å². The molecule has 94 valence electrons. The van der Waals surface area contributed by atoms with Crippen LogP contribution in [0.15, 0.2) is 36.9 Å². The van der Waals surface area contributed by atoms with Gasteiger partial charge in [-0.2, -0.15) is 0 Å². The zero-order chi connectivity index (χ0) is 13.0. The van der Waals surface area contributed by atoms with Crippen LogP contribution in [0.3, 0.4) is 0 Å². The first-order chi connectivity index (χ1) is 8.74. The number of nitrogens with zero attached hydrogens (tertiary/aromatic N) is 2. The monoisotopic (exact) mass is 246 g/mol. The molecule has 1 aromatic carbocycles. The molecule has 2 aromatic rings. The highest BCUT2D eigenvalue weighted by atomic mass is 16.5. The van der Waals surface area contributed by atoms with E-state index in [0.717, 1.165) is 0 Å². The van der Waals surface area contributed by atoms with Crippen LogP contribution in [0.1, 0.15) is 10.4 Å². The van der Waals surface area contributed by atoms with Crippen molar-refractivity contribution in [1.29, 1.82) is 0 Å². The first kappa shape index (κ1) is 12.2. The van der Waals surface area contributed by atoms with Crippen molar-refractivity contribution in [2.45, 2.75) is 6.54 Å². The van der Waals surface area contributed by atoms with Crippen LogP contribution < -0.4 is 9.47 Å². The smallest absolute Gasteiger partial charge is 0.186 e. The topological polar surface area (TPSA) is 53.4 Å². The van der Waals surface area contributed by atoms with E-state index in [9.17, 15) is 4.79 Å². The van der Waals surface area contributed by atoms with Gasteiger partial charge in [0.15, 0.2) is 5.78 Å². The summed E-state index contributed by atoms with van der Waals surface area (Å²) in [6, 6.07) is 5.16. The first-order valence-electron chi connectivity index (χ1n) is 5.45. The van der Waals surface area contributed by atoms with Gasteiger partial charge in [-0.25, -0.2) is 4.98 Å². The molecule has 0 aliphatic rings. The summed E-state index contributed by atoms with van der Waals surface area (Å²) in [5.41, 5.74) is 0.505. The second-order valence-electron chi connectivity index (χ2n) is 3.72. The average molecular weight is 246 g/mol. The summed E-state index contributed by atoms with van der Waals surface area (Å²) >= 11 is 0. The fraction of sp³-hybridized carbons (Fsp3) is 0.231. The number of Topliss-reactive ketones (excluding diaryl/α,β-unsaturated/α-hetero) is 1. The highest BCUT2D eigenvalue weighted by Gasteiger charge is 2.13. The van der Waals surface area contributed by atoms with Gasteiger partial charge in [-0.15, -0.1) is 0 Å². The number of methoxy groups -OCH3 is 2. The van der Waals surface area contributed by atoms with Crippen LogP contribution in [0.2, 0.25) is 0 Å². The van der Waals surface area contributed by atoms with Crippen LogP contribution >= 0.6 is 0 Å². The molecule has 0 aliphatic carbocycles. The van der Waals surface area contributed by atoms with Crippen molar-refractivity contribution in [3.8, 4) is 11.5 Å². The number of imidazole rings is 1. The second-order valence-corrected chi connectivity index (χ2v) is 3.72. The highest BCUT2D eigenvalue weighted by Crippen LogP contribution is 2.24. The number of carbonyl (C=O) groups excluding carboxylic acids is 1. The summed E-state index contributed by atoms with van der Waals surface area (Å²) < 4.78 is 12.0. The molecule has 0 unspecified atom stereocenters. The summed E-state index contributed by atoms with van der Waals surface area (Å²) in [6.07, 6.45) is 4.98. The number of aromatic nitrogens is 2. The Morgan fingerprint density at radius 1 is 1.33 bits per heavy atom. The summed E-state index contributed by atoms with van der Waals surface area (Å²) in [5, 5.41) is 0. The van der Waals surface area contributed by atoms with E-state index < -0.39 is 0 Å². The molecule has 5 nitrogen and oxygen atoms in total. The zero-order valence-corrected chi connectivity index (χ0v) is 10.3. The molecule has 0 bridgehead atoms. The van der Waals surface area contributed by atoms with Gasteiger partial charge in [0.05, 0.1) is 32.7 Å². The van der Waals surface area contributed by atoms with Gasteiger partial charge in [-0.3, -0.25) is 4.79 Å². The van der Waals surface area contributed by atoms with E-state index in [0.29, 0.717) is 17.1 Å². The van der Waals surface area contributed by atoms with Gasteiger partial charge in [0.2, 0.25) is 0 Å². The van der Waals surface area contributed by atoms with Crippen LogP contribution in [-0.2, 0) is 6.54 Å². The van der Waals surface area contributed by atoms with Gasteiger partial charge < -0.3 is 14.0 Å². The lowest BCUT2D eigenvalue weighted by Gasteiger charge is -2.09. The Balaban J connectivity index is 2.27. The van der Waals surface area contributed by atoms with Gasteiger partial charge in [-0.05, 0) is 18.2 Å². The predicted octanol–water partition coefficient (Wildman–Crippen LogP) is 1.78. The minimum absolute atomic E-state index is 0.0521. The molecule has 0 aliphatic heterocycles. The van der Waals surface area contributed by atoms with E-state index in [4.69, 9.17) is 9.47 Å². The standard InChI is InChI=1S/C13H14N2O3/c1-17-10-3-4-13(18-2)11(7-10)12(16)8-15-6-5-14-9-15/h3-7,9H,8H2,1-2H3. The van der Waals surface area contributed by atoms with E-state index in [1.807, 2.05) is 0 Å². The SMILES string of the molecule is COc1ccc(OC)c(C(=O)Cn2ccnc2)c1. The van der Waals surface area contributed by atoms with Gasteiger partial charge in [0.1, 0.15) is 11.5 Å². The van der Waals surface area contributed by atoms with E-state index in [1.54, 1.807) is 48.6 Å². The molecule has 0 amide bonds. The molecule has 0 fully saturated rings. The number of hydrogen-bond acceptors (Lipinski definition) is 4. The molecular formula is C13H14N2O3. The molecule has 2 rings (SSSR count). The highest BCUT2D eigenvalue weighted by molar-refractivity contribution is 5.98. The average Bonchev–Trinajstić information content (AvgIpc) is 2.90. The maximum Gasteiger partial charge on any atom is 0.186 e. The minimum atomic E-state index is -0.0521. The van der Waals surface area contributed by atoms with Crippen LogP contribution in [-0.4, -0.2) is 29.6 Å². The van der Waals surface area contributed by atoms with Crippen molar-refractivity contribution in [2.75, 3.05) is 14.2 Å². The molecule has 0 N–H and O–H groups in total. The van der Waals surface area contributed by atoms with Crippen molar-refractivity contribution in [2.24, 2.45) is 0 Å². The molecule has 0 saturated carbocycles. The molecular weight excluding hydrogens is 232 g/mol. The quantitative estimate of drug-likeness (QED) is 0.755. The van der Waals surface area contributed by atoms with Crippen molar-refractivity contribution >= 4 is 5.78 Å². The second kappa shape index (κ2) is 5.35. The summed E-state index contributed by atoms with van der Waals surface area (Å²) in [4.78, 5) is 16.1. The van der Waals surface area contributed by atoms with Gasteiger partial charge >= 0.3 is 0 Å². The van der Waals surface area contributed by atoms with Crippen LogP contribution in [0.5, 0.6) is 11.5 Å². The third-order valence-corrected chi connectivity index (χ3v) is 2.59. The fourth-order valence-electron chi connectivity index (χ4n) is 1.66. The van der Waals surface area contributed by atoms with Crippen LogP contribution in [0.25, 0.3) is 0 Å². The lowest BCUT2D eigenvalue weighted by Crippen LogP contribution is -2.10. The molecule has 0 spiro atoms. The van der Waals surface area contributed by atoms with Crippen molar-refractivity contribution in [1.82, 2.24) is 9.55 Å². The van der Waals surface area contributed by atoms with E-state index in [-0.39, 0.29) is 12.3 Å². The van der Waals surface area contributed by atoms with Gasteiger partial charge in [0, 0.05) is 12.4 Å². The maximum absolute atomic E-state index is 12.2. The number of benzene rings is 1. The molecule has 0 atom stereocenters. The van der Waals surface area contributed by atoms with Crippen LogP contribution in [0.4, 0.5) is 0 Å². The largest absolute Gasteiger partial charge is 0.497 e. The Hall–Kier alpha value is -2.30. The Kier molecular flexibility index (Phi) is 3.62. The number of ether oxygens (including phenoxy) is 2. The normalized spacial score (nSPS) is 10.1. The number of carbonyl (C=O) groups is 1. The zero-order valence-electron chi connectivity index (χ0n) is 10.3. The lowest BCUT2D eigenvalue weighted by atomic mass is 10.1. The number of ketones is 1. The van der Waals surface area contributed by atoms with Gasteiger partial charge in [-0.1, -0.05) is 0 Å². The summed E-state index contributed by atoms with van der Waals surface area (Å²) in [7, 11) is 3.10. The summed E-state index contributed by atoms with van der Waals surface area (Å²) in [6.45, 7) is 0.226. The van der Waals surface area contributed by atoms with Crippen molar-refractivity contribution in [3.63, 3.8) is 0 Å². The third kappa shape index (κ3) is 2.51. The van der Waals surface area contributed by atoms with E-state index in [2.05, 4.69) is 4.98 Å². The lowest BCUT2D eigenvalue weighted by molar-refractivity contribution is 0.0968. The predicted molar refractivity (Wildman–Crippen MR) is 66.1 cm³/mol. The Bertz CT molecular complexity index is 535. The number of rotatable bonds is 5. The first-order valence-corrected chi connectivity index (χ1v) is 5.45. The number of hydrogen-bond donors (Lipinski definition) is 0. The van der Waals surface area contributed by atoms with Crippen molar-refractivity contribution in [3.05, 3.63) is 42.5 Å².